The lowest BCUT2D eigenvalue weighted by Gasteiger charge is -2.32. The second-order valence-electron chi connectivity index (χ2n) is 16.0. The number of fused-ring (bicyclic) bond motifs is 2. The number of hydrogen-bond acceptors (Lipinski definition) is 13. The first-order chi connectivity index (χ1) is 32.9. The molecule has 0 unspecified atom stereocenters. The van der Waals surface area contributed by atoms with Crippen LogP contribution in [0.1, 0.15) is 79.9 Å². The van der Waals surface area contributed by atoms with E-state index < -0.39 is 5.63 Å². The Morgan fingerprint density at radius 3 is 1.73 bits per heavy atom. The van der Waals surface area contributed by atoms with Crippen LogP contribution in [0.5, 0.6) is 28.7 Å². The normalized spacial score (nSPS) is 14.1. The molecule has 0 fully saturated rings. The first kappa shape index (κ1) is 50.2. The van der Waals surface area contributed by atoms with Crippen LogP contribution < -0.4 is 29.3 Å². The fraction of sp³-hybridized carbons (Fsp3) is 0.370. The number of benzene rings is 5. The number of carbonyl (C=O) groups excluding carboxylic acids is 1. The molecule has 7 rings (SSSR count). The van der Waals surface area contributed by atoms with Crippen molar-refractivity contribution >= 4 is 16.9 Å². The minimum atomic E-state index is -0.415. The fourth-order valence-electron chi connectivity index (χ4n) is 7.81. The molecule has 0 bridgehead atoms. The predicted octanol–water partition coefficient (Wildman–Crippen LogP) is 11.2. The van der Waals surface area contributed by atoms with Gasteiger partial charge in [0.15, 0.2) is 27.2 Å². The summed E-state index contributed by atoms with van der Waals surface area (Å²) >= 11 is 0. The molecular formula is C54H62O13. The van der Waals surface area contributed by atoms with E-state index in [4.69, 9.17) is 51.8 Å². The molecule has 13 nitrogen and oxygen atoms in total. The largest absolute Gasteiger partial charge is 0.468 e. The molecule has 2 heterocycles. The molecule has 0 spiro atoms. The van der Waals surface area contributed by atoms with Crippen LogP contribution in [-0.4, -0.2) is 68.2 Å². The first-order valence-corrected chi connectivity index (χ1v) is 22.6. The lowest BCUT2D eigenvalue weighted by molar-refractivity contribution is -0.138. The van der Waals surface area contributed by atoms with Gasteiger partial charge in [-0.15, -0.1) is 0 Å². The zero-order valence-electron chi connectivity index (χ0n) is 38.9. The van der Waals surface area contributed by atoms with Gasteiger partial charge in [-0.05, 0) is 83.6 Å². The molecule has 13 heteroatoms. The van der Waals surface area contributed by atoms with Crippen LogP contribution >= 0.6 is 0 Å². The van der Waals surface area contributed by atoms with E-state index in [0.29, 0.717) is 46.5 Å². The zero-order chi connectivity index (χ0) is 47.1. The molecule has 0 radical (unpaired) electrons. The monoisotopic (exact) mass is 918 g/mol. The Kier molecular flexibility index (Phi) is 20.5. The van der Waals surface area contributed by atoms with E-state index in [2.05, 4.69) is 12.1 Å². The van der Waals surface area contributed by atoms with Gasteiger partial charge in [0, 0.05) is 58.5 Å². The number of ether oxygens (including phenoxy) is 10. The van der Waals surface area contributed by atoms with Crippen LogP contribution in [-0.2, 0) is 35.1 Å². The van der Waals surface area contributed by atoms with Gasteiger partial charge in [-0.2, -0.15) is 0 Å². The molecule has 5 aromatic carbocycles. The summed E-state index contributed by atoms with van der Waals surface area (Å²) < 4.78 is 58.6. The number of unbranched alkanes of at least 4 members (excludes halogenated alkanes) is 6. The quantitative estimate of drug-likeness (QED) is 0.0168. The summed E-state index contributed by atoms with van der Waals surface area (Å²) in [5.74, 6) is 2.53. The summed E-state index contributed by atoms with van der Waals surface area (Å²) in [6.45, 7) is 2.11. The van der Waals surface area contributed by atoms with Gasteiger partial charge in [0.2, 0.25) is 0 Å². The summed E-state index contributed by atoms with van der Waals surface area (Å²) in [6, 6.07) is 38.0. The van der Waals surface area contributed by atoms with Gasteiger partial charge < -0.3 is 51.8 Å². The Hall–Kier alpha value is -6.22. The number of esters is 1. The molecule has 0 amide bonds. The topological polar surface area (TPSA) is 140 Å². The molecule has 0 saturated carbocycles. The Morgan fingerprint density at radius 2 is 1.09 bits per heavy atom. The van der Waals surface area contributed by atoms with Crippen LogP contribution in [0.4, 0.5) is 0 Å². The summed E-state index contributed by atoms with van der Waals surface area (Å²) in [7, 11) is 6.26. The highest BCUT2D eigenvalue weighted by molar-refractivity contribution is 5.85. The standard InChI is InChI=1S/C35H44O7.C19H18O6/c1-37-25-40-29-18-16-28(17-19-29)34-32(31-21-20-30(41-26-38-2)23-33(31)42-35(34)36)15-11-6-4-3-5-7-12-22-39-24-27-13-9-8-10-14-27;1-21-11-23-15-6-3-13(4-7-15)17-9-14-5-8-16(24-12-22-2)10-18(14)25-19(17)20/h8-10,13-14,16-21,23,32,34H,3-7,11-12,15,22,24-26H2,1-2H3;3-10H,11-12H2,1-2H3/t32-,34-;/m1./s1. The van der Waals surface area contributed by atoms with Crippen molar-refractivity contribution in [1.82, 2.24) is 0 Å². The van der Waals surface area contributed by atoms with Crippen molar-refractivity contribution in [3.05, 3.63) is 148 Å². The van der Waals surface area contributed by atoms with Gasteiger partial charge in [0.25, 0.3) is 0 Å². The van der Waals surface area contributed by atoms with Gasteiger partial charge in [-0.3, -0.25) is 4.79 Å². The Labute approximate surface area is 392 Å². The van der Waals surface area contributed by atoms with Gasteiger partial charge in [0.1, 0.15) is 34.3 Å². The molecule has 1 aliphatic rings. The Bertz CT molecular complexity index is 2430. The molecule has 0 saturated heterocycles. The van der Waals surface area contributed by atoms with Crippen LogP contribution in [0.2, 0.25) is 0 Å². The summed E-state index contributed by atoms with van der Waals surface area (Å²) in [6.07, 6.45) is 9.00. The number of carbonyl (C=O) groups is 1. The van der Waals surface area contributed by atoms with Gasteiger partial charge in [-0.25, -0.2) is 4.79 Å². The van der Waals surface area contributed by atoms with E-state index in [9.17, 15) is 9.59 Å². The van der Waals surface area contributed by atoms with E-state index in [1.165, 1.54) is 31.2 Å². The third kappa shape index (κ3) is 15.4. The van der Waals surface area contributed by atoms with E-state index in [-0.39, 0.29) is 45.0 Å². The first-order valence-electron chi connectivity index (χ1n) is 22.6. The maximum Gasteiger partial charge on any atom is 0.344 e. The van der Waals surface area contributed by atoms with Crippen LogP contribution in [0.3, 0.4) is 0 Å². The maximum absolute atomic E-state index is 13.4. The Morgan fingerprint density at radius 1 is 0.537 bits per heavy atom. The lowest BCUT2D eigenvalue weighted by Crippen LogP contribution is -2.30. The molecule has 6 aromatic rings. The number of methoxy groups -OCH3 is 4. The van der Waals surface area contributed by atoms with Crippen molar-refractivity contribution in [1.29, 1.82) is 0 Å². The van der Waals surface area contributed by atoms with Crippen molar-refractivity contribution in [2.75, 3.05) is 62.2 Å². The van der Waals surface area contributed by atoms with Crippen molar-refractivity contribution in [2.24, 2.45) is 0 Å². The smallest absolute Gasteiger partial charge is 0.344 e. The molecule has 356 valence electrons. The van der Waals surface area contributed by atoms with Crippen molar-refractivity contribution in [3.8, 4) is 39.9 Å². The predicted molar refractivity (Wildman–Crippen MR) is 255 cm³/mol. The van der Waals surface area contributed by atoms with Crippen LogP contribution in [0, 0.1) is 0 Å². The summed E-state index contributed by atoms with van der Waals surface area (Å²) in [5.41, 5.74) is 4.47. The average Bonchev–Trinajstić information content (AvgIpc) is 3.35. The van der Waals surface area contributed by atoms with Crippen LogP contribution in [0.25, 0.3) is 22.1 Å². The van der Waals surface area contributed by atoms with Gasteiger partial charge in [0.05, 0.1) is 18.1 Å². The molecule has 0 aliphatic carbocycles. The fourth-order valence-corrected chi connectivity index (χ4v) is 7.81. The summed E-state index contributed by atoms with van der Waals surface area (Å²) in [5, 5.41) is 0.805. The molecule has 1 aromatic heterocycles. The van der Waals surface area contributed by atoms with Gasteiger partial charge >= 0.3 is 11.6 Å². The second kappa shape index (κ2) is 27.4. The molecule has 0 N–H and O–H groups in total. The minimum absolute atomic E-state index is 0.0187. The Balaban J connectivity index is 0.000000251. The minimum Gasteiger partial charge on any atom is -0.468 e. The highest BCUT2D eigenvalue weighted by Gasteiger charge is 2.38. The summed E-state index contributed by atoms with van der Waals surface area (Å²) in [4.78, 5) is 25.7. The van der Waals surface area contributed by atoms with Crippen molar-refractivity contribution in [3.63, 3.8) is 0 Å². The van der Waals surface area contributed by atoms with Crippen molar-refractivity contribution in [2.45, 2.75) is 69.8 Å². The van der Waals surface area contributed by atoms with Crippen LogP contribution in [0.15, 0.2) is 131 Å². The molecular weight excluding hydrogens is 857 g/mol. The molecule has 67 heavy (non-hydrogen) atoms. The average molecular weight is 919 g/mol. The number of hydrogen-bond donors (Lipinski definition) is 0. The second-order valence-corrected chi connectivity index (χ2v) is 16.0. The molecule has 1 aliphatic heterocycles. The van der Waals surface area contributed by atoms with E-state index in [0.717, 1.165) is 54.4 Å². The van der Waals surface area contributed by atoms with Gasteiger partial charge in [-0.1, -0.05) is 99.2 Å². The SMILES string of the molecule is COCOc1ccc(-c2cc3ccc(OCOC)cc3oc2=O)cc1.COCOc1ccc([C@H]2C(=O)Oc3cc(OCOC)ccc3[C@H]2CCCCCCCCCOCc2ccccc2)cc1. The maximum atomic E-state index is 13.4. The highest BCUT2D eigenvalue weighted by Crippen LogP contribution is 2.47. The third-order valence-corrected chi connectivity index (χ3v) is 11.2. The van der Waals surface area contributed by atoms with E-state index in [1.807, 2.05) is 60.7 Å². The number of rotatable bonds is 26. The van der Waals surface area contributed by atoms with E-state index >= 15 is 0 Å². The zero-order valence-corrected chi connectivity index (χ0v) is 38.9. The lowest BCUT2D eigenvalue weighted by atomic mass is 9.76. The molecule has 2 atom stereocenters. The third-order valence-electron chi connectivity index (χ3n) is 11.2. The van der Waals surface area contributed by atoms with E-state index in [1.54, 1.807) is 77.0 Å². The highest BCUT2D eigenvalue weighted by atomic mass is 16.7. The van der Waals surface area contributed by atoms with Crippen molar-refractivity contribution < 1.29 is 56.6 Å².